The molecule has 2 saturated carbocycles. The maximum Gasteiger partial charge on any atom is 0.163 e. The van der Waals surface area contributed by atoms with Crippen LogP contribution in [0.15, 0.2) is 60.9 Å². The molecule has 2 fully saturated rings. The molecule has 136 valence electrons. The Balaban J connectivity index is 1.46. The largest absolute Gasteiger partial charge is 0.367 e. The van der Waals surface area contributed by atoms with Crippen molar-refractivity contribution in [1.82, 2.24) is 15.0 Å². The van der Waals surface area contributed by atoms with E-state index >= 15 is 0 Å². The summed E-state index contributed by atoms with van der Waals surface area (Å²) in [6.45, 7) is 0. The summed E-state index contributed by atoms with van der Waals surface area (Å²) in [5, 5.41) is 7.09. The molecule has 2 aliphatic rings. The van der Waals surface area contributed by atoms with Gasteiger partial charge in [-0.2, -0.15) is 0 Å². The van der Waals surface area contributed by atoms with Gasteiger partial charge in [-0.3, -0.25) is 4.98 Å². The first-order valence-corrected chi connectivity index (χ1v) is 9.71. The summed E-state index contributed by atoms with van der Waals surface area (Å²) in [5.41, 5.74) is 1.99. The number of aromatic nitrogens is 3. The number of nitrogens with zero attached hydrogens (tertiary/aromatic N) is 3. The second-order valence-electron chi connectivity index (χ2n) is 7.61. The number of fused-ring (bicyclic) bond motifs is 2. The average molecular weight is 357 g/mol. The molecule has 0 spiro atoms. The Morgan fingerprint density at radius 2 is 1.67 bits per heavy atom. The molecule has 3 atom stereocenters. The van der Waals surface area contributed by atoms with Crippen LogP contribution in [-0.4, -0.2) is 21.0 Å². The number of benzene rings is 1. The van der Waals surface area contributed by atoms with Crippen LogP contribution < -0.4 is 10.6 Å². The molecule has 0 aliphatic heterocycles. The zero-order valence-corrected chi connectivity index (χ0v) is 15.2. The molecule has 5 rings (SSSR count). The number of hydrogen-bond donors (Lipinski definition) is 2. The van der Waals surface area contributed by atoms with Gasteiger partial charge in [0.2, 0.25) is 0 Å². The van der Waals surface area contributed by atoms with Crippen molar-refractivity contribution in [3.05, 3.63) is 60.9 Å². The summed E-state index contributed by atoms with van der Waals surface area (Å²) in [5.74, 6) is 4.12. The Bertz CT molecular complexity index is 913. The summed E-state index contributed by atoms with van der Waals surface area (Å²) < 4.78 is 0. The number of nitrogens with one attached hydrogen (secondary N) is 2. The van der Waals surface area contributed by atoms with Gasteiger partial charge in [0.15, 0.2) is 5.82 Å². The second kappa shape index (κ2) is 6.99. The number of anilines is 3. The average Bonchev–Trinajstić information content (AvgIpc) is 3.32. The fourth-order valence-electron chi connectivity index (χ4n) is 4.50. The first-order valence-electron chi connectivity index (χ1n) is 9.71. The molecule has 1 aromatic carbocycles. The van der Waals surface area contributed by atoms with Crippen LogP contribution in [0.5, 0.6) is 0 Å². The van der Waals surface area contributed by atoms with Crippen molar-refractivity contribution in [2.75, 3.05) is 10.6 Å². The molecule has 2 aromatic heterocycles. The van der Waals surface area contributed by atoms with Crippen LogP contribution in [0.25, 0.3) is 11.4 Å². The quantitative estimate of drug-likeness (QED) is 0.681. The van der Waals surface area contributed by atoms with Crippen molar-refractivity contribution < 1.29 is 0 Å². The van der Waals surface area contributed by atoms with Gasteiger partial charge in [-0.1, -0.05) is 36.8 Å². The third-order valence-electron chi connectivity index (χ3n) is 5.78. The van der Waals surface area contributed by atoms with E-state index in [1.165, 1.54) is 25.7 Å². The van der Waals surface area contributed by atoms with Crippen LogP contribution in [0.4, 0.5) is 17.3 Å². The third kappa shape index (κ3) is 3.50. The van der Waals surface area contributed by atoms with E-state index in [1.54, 1.807) is 12.4 Å². The lowest BCUT2D eigenvalue weighted by molar-refractivity contribution is 0.439. The third-order valence-corrected chi connectivity index (χ3v) is 5.78. The topological polar surface area (TPSA) is 62.7 Å². The van der Waals surface area contributed by atoms with Gasteiger partial charge >= 0.3 is 0 Å². The van der Waals surface area contributed by atoms with Crippen LogP contribution in [-0.2, 0) is 0 Å². The summed E-state index contributed by atoms with van der Waals surface area (Å²) in [6, 6.07) is 16.6. The maximum atomic E-state index is 4.82. The monoisotopic (exact) mass is 357 g/mol. The van der Waals surface area contributed by atoms with Gasteiger partial charge in [0.05, 0.1) is 0 Å². The fourth-order valence-corrected chi connectivity index (χ4v) is 4.50. The van der Waals surface area contributed by atoms with Crippen LogP contribution >= 0.6 is 0 Å². The van der Waals surface area contributed by atoms with Crippen LogP contribution in [0.3, 0.4) is 0 Å². The molecule has 2 aliphatic carbocycles. The van der Waals surface area contributed by atoms with E-state index in [9.17, 15) is 0 Å². The predicted octanol–water partition coefficient (Wildman–Crippen LogP) is 4.88. The maximum absolute atomic E-state index is 4.82. The minimum atomic E-state index is 0.538. The van der Waals surface area contributed by atoms with Gasteiger partial charge in [-0.15, -0.1) is 0 Å². The van der Waals surface area contributed by atoms with Gasteiger partial charge in [-0.25, -0.2) is 9.97 Å². The molecule has 3 aromatic rings. The first-order chi connectivity index (χ1) is 13.3. The highest BCUT2D eigenvalue weighted by Gasteiger charge is 2.39. The standard InChI is InChI=1S/C22H23N5/c1-2-4-16(5-3-1)22-26-20(24-18-8-10-23-11-9-18)14-21(27-22)25-19-13-15-6-7-17(19)12-15/h1-5,8-11,14-15,17,19H,6-7,12-13H2,(H2,23,24,25,26,27). The lowest BCUT2D eigenvalue weighted by atomic mass is 9.95. The van der Waals surface area contributed by atoms with E-state index in [4.69, 9.17) is 9.97 Å². The van der Waals surface area contributed by atoms with E-state index in [-0.39, 0.29) is 0 Å². The molecule has 2 N–H and O–H groups in total. The minimum absolute atomic E-state index is 0.538. The first kappa shape index (κ1) is 16.2. The summed E-state index contributed by atoms with van der Waals surface area (Å²) in [4.78, 5) is 13.6. The van der Waals surface area contributed by atoms with E-state index in [0.29, 0.717) is 6.04 Å². The Kier molecular flexibility index (Phi) is 4.20. The van der Waals surface area contributed by atoms with Gasteiger partial charge in [0.25, 0.3) is 0 Å². The van der Waals surface area contributed by atoms with Crippen molar-refractivity contribution in [3.63, 3.8) is 0 Å². The van der Waals surface area contributed by atoms with E-state index in [0.717, 1.165) is 40.5 Å². The fraction of sp³-hybridized carbons (Fsp3) is 0.318. The van der Waals surface area contributed by atoms with Crippen molar-refractivity contribution in [3.8, 4) is 11.4 Å². The highest BCUT2D eigenvalue weighted by Crippen LogP contribution is 2.45. The van der Waals surface area contributed by atoms with Crippen LogP contribution in [0, 0.1) is 11.8 Å². The highest BCUT2D eigenvalue weighted by molar-refractivity contribution is 5.65. The van der Waals surface area contributed by atoms with Crippen LogP contribution in [0.1, 0.15) is 25.7 Å². The van der Waals surface area contributed by atoms with Crippen molar-refractivity contribution in [1.29, 1.82) is 0 Å². The molecule has 2 bridgehead atoms. The van der Waals surface area contributed by atoms with E-state index in [2.05, 4.69) is 15.6 Å². The summed E-state index contributed by atoms with van der Waals surface area (Å²) >= 11 is 0. The minimum Gasteiger partial charge on any atom is -0.367 e. The highest BCUT2D eigenvalue weighted by atomic mass is 15.1. The zero-order chi connectivity index (χ0) is 18.1. The SMILES string of the molecule is c1ccc(-c2nc(Nc3ccncc3)cc(NC3CC4CCC3C4)n2)cc1. The Hall–Kier alpha value is -2.95. The van der Waals surface area contributed by atoms with Crippen molar-refractivity contribution >= 4 is 17.3 Å². The molecular weight excluding hydrogens is 334 g/mol. The Labute approximate surface area is 159 Å². The summed E-state index contributed by atoms with van der Waals surface area (Å²) in [7, 11) is 0. The van der Waals surface area contributed by atoms with Crippen molar-refractivity contribution in [2.24, 2.45) is 11.8 Å². The molecule has 0 amide bonds. The number of pyridine rings is 1. The van der Waals surface area contributed by atoms with Gasteiger partial charge in [0, 0.05) is 35.8 Å². The van der Waals surface area contributed by atoms with Gasteiger partial charge in [0.1, 0.15) is 11.6 Å². The van der Waals surface area contributed by atoms with Gasteiger partial charge in [-0.05, 0) is 43.2 Å². The van der Waals surface area contributed by atoms with E-state index in [1.807, 2.05) is 48.5 Å². The molecule has 2 heterocycles. The molecule has 5 nitrogen and oxygen atoms in total. The lowest BCUT2D eigenvalue weighted by Gasteiger charge is -2.24. The Morgan fingerprint density at radius 1 is 0.852 bits per heavy atom. The van der Waals surface area contributed by atoms with E-state index < -0.39 is 0 Å². The van der Waals surface area contributed by atoms with Gasteiger partial charge < -0.3 is 10.6 Å². The summed E-state index contributed by atoms with van der Waals surface area (Å²) in [6.07, 6.45) is 8.93. The zero-order valence-electron chi connectivity index (χ0n) is 15.2. The molecule has 27 heavy (non-hydrogen) atoms. The smallest absolute Gasteiger partial charge is 0.163 e. The second-order valence-corrected chi connectivity index (χ2v) is 7.61. The molecule has 3 unspecified atom stereocenters. The number of rotatable bonds is 5. The number of hydrogen-bond acceptors (Lipinski definition) is 5. The Morgan fingerprint density at radius 3 is 2.41 bits per heavy atom. The molecule has 0 saturated heterocycles. The molecule has 5 heteroatoms. The lowest BCUT2D eigenvalue weighted by Crippen LogP contribution is -2.26. The predicted molar refractivity (Wildman–Crippen MR) is 108 cm³/mol. The van der Waals surface area contributed by atoms with Crippen LogP contribution in [0.2, 0.25) is 0 Å². The van der Waals surface area contributed by atoms with Crippen molar-refractivity contribution in [2.45, 2.75) is 31.7 Å². The molecular formula is C22H23N5. The molecule has 0 radical (unpaired) electrons. The normalized spacial score (nSPS) is 23.3.